The maximum atomic E-state index is 12.3. The van der Waals surface area contributed by atoms with E-state index < -0.39 is 12.1 Å². The highest BCUT2D eigenvalue weighted by Crippen LogP contribution is 2.50. The van der Waals surface area contributed by atoms with Crippen LogP contribution in [0.4, 0.5) is 10.5 Å². The van der Waals surface area contributed by atoms with Gasteiger partial charge in [-0.2, -0.15) is 0 Å². The van der Waals surface area contributed by atoms with Crippen LogP contribution in [-0.4, -0.2) is 35.2 Å². The van der Waals surface area contributed by atoms with Crippen LogP contribution < -0.4 is 15.0 Å². The number of carbonyl (C=O) groups excluding carboxylic acids is 1. The lowest BCUT2D eigenvalue weighted by Crippen LogP contribution is -2.53. The van der Waals surface area contributed by atoms with Gasteiger partial charge in [0.05, 0.1) is 24.4 Å². The molecule has 2 N–H and O–H groups in total. The van der Waals surface area contributed by atoms with Crippen molar-refractivity contribution in [1.82, 2.24) is 10.3 Å². The Morgan fingerprint density at radius 3 is 2.65 bits per heavy atom. The summed E-state index contributed by atoms with van der Waals surface area (Å²) in [6, 6.07) is 1.30. The molecule has 3 atom stereocenters. The monoisotopic (exact) mass is 319 g/mol. The predicted molar refractivity (Wildman–Crippen MR) is 83.5 cm³/mol. The van der Waals surface area contributed by atoms with Crippen LogP contribution in [-0.2, 0) is 4.79 Å². The van der Waals surface area contributed by atoms with Crippen LogP contribution in [0.2, 0.25) is 0 Å². The Kier molecular flexibility index (Phi) is 3.87. The lowest BCUT2D eigenvalue weighted by atomic mass is 9.80. The van der Waals surface area contributed by atoms with E-state index >= 15 is 0 Å². The molecule has 7 nitrogen and oxygen atoms in total. The number of aromatic nitrogens is 1. The fraction of sp³-hybridized carbons (Fsp3) is 0.562. The Bertz CT molecular complexity index is 644. The van der Waals surface area contributed by atoms with Crippen molar-refractivity contribution in [3.63, 3.8) is 0 Å². The minimum absolute atomic E-state index is 0.0102. The maximum Gasteiger partial charge on any atom is 0.405 e. The van der Waals surface area contributed by atoms with Crippen LogP contribution in [0.15, 0.2) is 12.3 Å². The molecule has 0 unspecified atom stereocenters. The molecule has 1 aromatic heterocycles. The Labute approximate surface area is 134 Å². The zero-order valence-corrected chi connectivity index (χ0v) is 13.4. The summed E-state index contributed by atoms with van der Waals surface area (Å²) >= 11 is 0. The van der Waals surface area contributed by atoms with Gasteiger partial charge in [0.1, 0.15) is 0 Å². The lowest BCUT2D eigenvalue weighted by molar-refractivity contribution is -0.117. The second kappa shape index (κ2) is 5.72. The zero-order chi connectivity index (χ0) is 16.7. The number of hydrogen-bond donors (Lipinski definition) is 2. The molecule has 0 aromatic carbocycles. The smallest absolute Gasteiger partial charge is 0.405 e. The first-order valence-corrected chi connectivity index (χ1v) is 7.77. The van der Waals surface area contributed by atoms with Gasteiger partial charge in [0.2, 0.25) is 11.8 Å². The van der Waals surface area contributed by atoms with Gasteiger partial charge in [0, 0.05) is 25.1 Å². The number of amides is 2. The van der Waals surface area contributed by atoms with Crippen molar-refractivity contribution < 1.29 is 19.4 Å². The first kappa shape index (κ1) is 15.6. The molecule has 1 aromatic rings. The Hall–Kier alpha value is -2.31. The van der Waals surface area contributed by atoms with Crippen molar-refractivity contribution in [3.8, 4) is 5.88 Å². The van der Waals surface area contributed by atoms with E-state index in [4.69, 9.17) is 4.74 Å². The number of pyridine rings is 1. The fourth-order valence-electron chi connectivity index (χ4n) is 3.76. The van der Waals surface area contributed by atoms with Crippen LogP contribution in [0.3, 0.4) is 0 Å². The average Bonchev–Trinajstić information content (AvgIpc) is 3.32. The van der Waals surface area contributed by atoms with Gasteiger partial charge in [-0.05, 0) is 24.8 Å². The van der Waals surface area contributed by atoms with Crippen LogP contribution in [0.1, 0.15) is 38.3 Å². The van der Waals surface area contributed by atoms with Crippen LogP contribution in [0, 0.1) is 11.8 Å². The first-order chi connectivity index (χ1) is 11.0. The number of fused-ring (bicyclic) bond motifs is 1. The fourth-order valence-corrected chi connectivity index (χ4v) is 3.76. The number of rotatable bonds is 3. The molecule has 124 valence electrons. The SMILES string of the molecule is COc1nccc2c1[C@H](NC(=O)O)[C@@H](C)[C@@H](C1CC1)N2C(C)=O. The Balaban J connectivity index is 2.17. The largest absolute Gasteiger partial charge is 0.481 e. The molecule has 1 aliphatic carbocycles. The second-order valence-electron chi connectivity index (χ2n) is 6.26. The Morgan fingerprint density at radius 2 is 2.13 bits per heavy atom. The third kappa shape index (κ3) is 2.60. The van der Waals surface area contributed by atoms with E-state index in [1.807, 2.05) is 6.92 Å². The normalized spacial score (nSPS) is 26.4. The predicted octanol–water partition coefficient (Wildman–Crippen LogP) is 2.18. The lowest BCUT2D eigenvalue weighted by Gasteiger charge is -2.45. The number of anilines is 1. The van der Waals surface area contributed by atoms with E-state index in [1.54, 1.807) is 24.1 Å². The summed E-state index contributed by atoms with van der Waals surface area (Å²) in [6.45, 7) is 3.53. The number of methoxy groups -OCH3 is 1. The van der Waals surface area contributed by atoms with Gasteiger partial charge >= 0.3 is 6.09 Å². The molecule has 0 radical (unpaired) electrons. The van der Waals surface area contributed by atoms with Gasteiger partial charge in [0.25, 0.3) is 0 Å². The molecule has 23 heavy (non-hydrogen) atoms. The zero-order valence-electron chi connectivity index (χ0n) is 13.4. The molecule has 0 saturated heterocycles. The number of nitrogens with one attached hydrogen (secondary N) is 1. The van der Waals surface area contributed by atoms with Crippen molar-refractivity contribution in [2.75, 3.05) is 12.0 Å². The van der Waals surface area contributed by atoms with E-state index in [9.17, 15) is 14.7 Å². The average molecular weight is 319 g/mol. The van der Waals surface area contributed by atoms with E-state index in [2.05, 4.69) is 10.3 Å². The van der Waals surface area contributed by atoms with Crippen LogP contribution >= 0.6 is 0 Å². The topological polar surface area (TPSA) is 91.8 Å². The number of carboxylic acid groups (broad SMARTS) is 1. The summed E-state index contributed by atoms with van der Waals surface area (Å²) in [5, 5.41) is 11.8. The molecule has 2 amide bonds. The van der Waals surface area contributed by atoms with Gasteiger partial charge in [0.15, 0.2) is 0 Å². The molecule has 0 bridgehead atoms. The van der Waals surface area contributed by atoms with E-state index in [0.717, 1.165) is 12.8 Å². The molecule has 7 heteroatoms. The third-order valence-corrected chi connectivity index (χ3v) is 4.78. The summed E-state index contributed by atoms with van der Waals surface area (Å²) in [5.74, 6) is 0.665. The van der Waals surface area contributed by atoms with Crippen molar-refractivity contribution >= 4 is 17.7 Å². The van der Waals surface area contributed by atoms with Gasteiger partial charge in [-0.25, -0.2) is 9.78 Å². The molecule has 1 saturated carbocycles. The minimum Gasteiger partial charge on any atom is -0.481 e. The second-order valence-corrected chi connectivity index (χ2v) is 6.26. The number of carbonyl (C=O) groups is 2. The molecular weight excluding hydrogens is 298 g/mol. The maximum absolute atomic E-state index is 12.3. The van der Waals surface area contributed by atoms with Crippen LogP contribution in [0.25, 0.3) is 0 Å². The highest BCUT2D eigenvalue weighted by Gasteiger charge is 2.49. The Morgan fingerprint density at radius 1 is 1.43 bits per heavy atom. The third-order valence-electron chi connectivity index (χ3n) is 4.78. The van der Waals surface area contributed by atoms with Crippen molar-refractivity contribution in [2.45, 2.75) is 38.8 Å². The van der Waals surface area contributed by atoms with E-state index in [0.29, 0.717) is 23.0 Å². The molecule has 0 spiro atoms. The highest BCUT2D eigenvalue weighted by atomic mass is 16.5. The highest BCUT2D eigenvalue weighted by molar-refractivity contribution is 5.94. The summed E-state index contributed by atoms with van der Waals surface area (Å²) in [6.07, 6.45) is 2.63. The number of hydrogen-bond acceptors (Lipinski definition) is 4. The molecule has 1 fully saturated rings. The quantitative estimate of drug-likeness (QED) is 0.891. The van der Waals surface area contributed by atoms with Crippen molar-refractivity contribution in [1.29, 1.82) is 0 Å². The van der Waals surface area contributed by atoms with E-state index in [1.165, 1.54) is 7.11 Å². The van der Waals surface area contributed by atoms with Gasteiger partial charge < -0.3 is 20.1 Å². The molecular formula is C16H21N3O4. The summed E-state index contributed by atoms with van der Waals surface area (Å²) in [4.78, 5) is 29.6. The van der Waals surface area contributed by atoms with Gasteiger partial charge in [-0.3, -0.25) is 4.79 Å². The molecule has 1 aliphatic heterocycles. The summed E-state index contributed by atoms with van der Waals surface area (Å²) < 4.78 is 5.33. The standard InChI is InChI=1S/C16H21N3O4/c1-8-13(18-16(21)22)12-11(6-7-17-15(12)23-3)19(9(2)20)14(8)10-4-5-10/h6-8,10,13-14,18H,4-5H2,1-3H3,(H,21,22)/t8-,13-,14+/m1/s1. The molecule has 3 rings (SSSR count). The summed E-state index contributed by atoms with van der Waals surface area (Å²) in [7, 11) is 1.50. The minimum atomic E-state index is -1.09. The summed E-state index contributed by atoms with van der Waals surface area (Å²) in [5.41, 5.74) is 1.33. The number of ether oxygens (including phenoxy) is 1. The first-order valence-electron chi connectivity index (χ1n) is 7.77. The van der Waals surface area contributed by atoms with E-state index in [-0.39, 0.29) is 17.9 Å². The van der Waals surface area contributed by atoms with Gasteiger partial charge in [-0.1, -0.05) is 6.92 Å². The molecule has 2 heterocycles. The van der Waals surface area contributed by atoms with Crippen molar-refractivity contribution in [2.24, 2.45) is 11.8 Å². The van der Waals surface area contributed by atoms with Crippen molar-refractivity contribution in [3.05, 3.63) is 17.8 Å². The number of nitrogens with zero attached hydrogens (tertiary/aromatic N) is 2. The van der Waals surface area contributed by atoms with Gasteiger partial charge in [-0.15, -0.1) is 0 Å². The molecule has 2 aliphatic rings. The van der Waals surface area contributed by atoms with Crippen LogP contribution in [0.5, 0.6) is 5.88 Å².